The van der Waals surface area contributed by atoms with Crippen molar-refractivity contribution in [1.82, 2.24) is 9.80 Å². The predicted octanol–water partition coefficient (Wildman–Crippen LogP) is 4.03. The lowest BCUT2D eigenvalue weighted by Gasteiger charge is -2.33. The molecule has 5 heteroatoms. The minimum Gasteiger partial charge on any atom is -0.496 e. The molecule has 3 fully saturated rings. The van der Waals surface area contributed by atoms with E-state index in [-0.39, 0.29) is 5.54 Å². The third kappa shape index (κ3) is 2.90. The number of benzene rings is 2. The van der Waals surface area contributed by atoms with Crippen molar-refractivity contribution in [3.8, 4) is 11.5 Å². The molecule has 2 aromatic rings. The van der Waals surface area contributed by atoms with Crippen LogP contribution in [0.1, 0.15) is 43.4 Å². The third-order valence-electron chi connectivity index (χ3n) is 7.26. The molecule has 3 heterocycles. The molecular weight excluding hydrogens is 376 g/mol. The standard InChI is InChI=1S/C25H30N2O3/c1-3-30-21-11-9-18(10-12-21)22-15-20-17-26(16-19-7-4-5-8-23(19)29-2)24(28)25(20)13-6-14-27(22)25/h4-5,7-12,20,22H,3,6,13-17H2,1-2H3/t20-,22-,25-/m0/s1. The van der Waals surface area contributed by atoms with E-state index < -0.39 is 0 Å². The Balaban J connectivity index is 1.38. The van der Waals surface area contributed by atoms with E-state index in [0.717, 1.165) is 49.4 Å². The molecule has 0 radical (unpaired) electrons. The van der Waals surface area contributed by atoms with Gasteiger partial charge in [-0.3, -0.25) is 9.69 Å². The Hall–Kier alpha value is -2.53. The number of likely N-dealkylation sites (tertiary alicyclic amines) is 1. The highest BCUT2D eigenvalue weighted by Crippen LogP contribution is 2.56. The Morgan fingerprint density at radius 3 is 2.70 bits per heavy atom. The van der Waals surface area contributed by atoms with Gasteiger partial charge >= 0.3 is 0 Å². The molecule has 1 spiro atoms. The van der Waals surface area contributed by atoms with E-state index in [4.69, 9.17) is 9.47 Å². The molecule has 3 atom stereocenters. The van der Waals surface area contributed by atoms with E-state index in [1.54, 1.807) is 7.11 Å². The molecule has 2 aromatic carbocycles. The second-order valence-electron chi connectivity index (χ2n) is 8.67. The van der Waals surface area contributed by atoms with E-state index in [2.05, 4.69) is 40.1 Å². The van der Waals surface area contributed by atoms with Gasteiger partial charge in [0.25, 0.3) is 0 Å². The topological polar surface area (TPSA) is 42.0 Å². The van der Waals surface area contributed by atoms with Gasteiger partial charge in [-0.2, -0.15) is 0 Å². The molecule has 3 aliphatic rings. The molecule has 3 aliphatic heterocycles. The molecule has 0 saturated carbocycles. The molecule has 5 rings (SSSR count). The zero-order chi connectivity index (χ0) is 20.7. The number of hydrogen-bond donors (Lipinski definition) is 0. The largest absolute Gasteiger partial charge is 0.496 e. The lowest BCUT2D eigenvalue weighted by atomic mass is 9.85. The first-order valence-electron chi connectivity index (χ1n) is 11.1. The van der Waals surface area contributed by atoms with Crippen molar-refractivity contribution in [3.63, 3.8) is 0 Å². The third-order valence-corrected chi connectivity index (χ3v) is 7.26. The van der Waals surface area contributed by atoms with E-state index in [9.17, 15) is 4.79 Å². The molecule has 158 valence electrons. The fourth-order valence-electron chi connectivity index (χ4n) is 6.02. The van der Waals surface area contributed by atoms with E-state index >= 15 is 0 Å². The summed E-state index contributed by atoms with van der Waals surface area (Å²) in [5.74, 6) is 2.47. The maximum atomic E-state index is 13.7. The van der Waals surface area contributed by atoms with Gasteiger partial charge in [0, 0.05) is 30.6 Å². The highest BCUT2D eigenvalue weighted by molar-refractivity contribution is 5.90. The first-order valence-corrected chi connectivity index (χ1v) is 11.1. The highest BCUT2D eigenvalue weighted by Gasteiger charge is 2.65. The summed E-state index contributed by atoms with van der Waals surface area (Å²) in [6.45, 7) is 5.14. The van der Waals surface area contributed by atoms with Crippen LogP contribution in [0.5, 0.6) is 11.5 Å². The molecule has 0 aliphatic carbocycles. The summed E-state index contributed by atoms with van der Waals surface area (Å²) in [6.07, 6.45) is 3.12. The van der Waals surface area contributed by atoms with Gasteiger partial charge in [0.05, 0.1) is 13.7 Å². The summed E-state index contributed by atoms with van der Waals surface area (Å²) in [4.78, 5) is 18.3. The second kappa shape index (κ2) is 7.62. The molecule has 0 aromatic heterocycles. The van der Waals surface area contributed by atoms with E-state index in [1.807, 2.05) is 25.1 Å². The fraction of sp³-hybridized carbons (Fsp3) is 0.480. The van der Waals surface area contributed by atoms with Gasteiger partial charge in [-0.1, -0.05) is 30.3 Å². The number of methoxy groups -OCH3 is 1. The van der Waals surface area contributed by atoms with Gasteiger partial charge in [-0.15, -0.1) is 0 Å². The van der Waals surface area contributed by atoms with Gasteiger partial charge in [0.15, 0.2) is 0 Å². The minimum atomic E-state index is -0.314. The first kappa shape index (κ1) is 19.4. The van der Waals surface area contributed by atoms with Crippen LogP contribution in [0.25, 0.3) is 0 Å². The lowest BCUT2D eigenvalue weighted by Crippen LogP contribution is -2.49. The van der Waals surface area contributed by atoms with Gasteiger partial charge in [0.1, 0.15) is 17.0 Å². The number of carbonyl (C=O) groups excluding carboxylic acids is 1. The normalized spacial score (nSPS) is 27.9. The van der Waals surface area contributed by atoms with Crippen molar-refractivity contribution in [2.75, 3.05) is 26.8 Å². The van der Waals surface area contributed by atoms with Crippen LogP contribution in [0.3, 0.4) is 0 Å². The molecule has 1 amide bonds. The predicted molar refractivity (Wildman–Crippen MR) is 116 cm³/mol. The van der Waals surface area contributed by atoms with Crippen molar-refractivity contribution >= 4 is 5.91 Å². The number of ether oxygens (including phenoxy) is 2. The second-order valence-corrected chi connectivity index (χ2v) is 8.67. The number of nitrogens with zero attached hydrogens (tertiary/aromatic N) is 2. The number of rotatable bonds is 6. The number of para-hydroxylation sites is 1. The molecule has 5 nitrogen and oxygen atoms in total. The Morgan fingerprint density at radius 2 is 1.93 bits per heavy atom. The molecule has 0 bridgehead atoms. The molecule has 3 saturated heterocycles. The Kier molecular flexibility index (Phi) is 4.94. The van der Waals surface area contributed by atoms with Crippen LogP contribution < -0.4 is 9.47 Å². The maximum Gasteiger partial charge on any atom is 0.243 e. The average molecular weight is 407 g/mol. The van der Waals surface area contributed by atoms with Crippen LogP contribution in [-0.4, -0.2) is 48.1 Å². The zero-order valence-electron chi connectivity index (χ0n) is 17.8. The smallest absolute Gasteiger partial charge is 0.243 e. The maximum absolute atomic E-state index is 13.7. The van der Waals surface area contributed by atoms with Crippen LogP contribution in [0.2, 0.25) is 0 Å². The summed E-state index contributed by atoms with van der Waals surface area (Å²) in [7, 11) is 1.69. The number of hydrogen-bond acceptors (Lipinski definition) is 4. The number of carbonyl (C=O) groups is 1. The summed E-state index contributed by atoms with van der Waals surface area (Å²) in [6, 6.07) is 16.8. The van der Waals surface area contributed by atoms with Gasteiger partial charge in [-0.25, -0.2) is 0 Å². The van der Waals surface area contributed by atoms with Crippen LogP contribution in [-0.2, 0) is 11.3 Å². The van der Waals surface area contributed by atoms with Crippen LogP contribution in [0.15, 0.2) is 48.5 Å². The first-order chi connectivity index (χ1) is 14.7. The van der Waals surface area contributed by atoms with E-state index in [1.165, 1.54) is 5.56 Å². The van der Waals surface area contributed by atoms with Crippen molar-refractivity contribution in [2.45, 2.75) is 44.3 Å². The summed E-state index contributed by atoms with van der Waals surface area (Å²) < 4.78 is 11.1. The molecule has 30 heavy (non-hydrogen) atoms. The van der Waals surface area contributed by atoms with Gasteiger partial charge < -0.3 is 14.4 Å². The molecule has 0 N–H and O–H groups in total. The summed E-state index contributed by atoms with van der Waals surface area (Å²) >= 11 is 0. The fourth-order valence-corrected chi connectivity index (χ4v) is 6.02. The van der Waals surface area contributed by atoms with Crippen LogP contribution in [0.4, 0.5) is 0 Å². The van der Waals surface area contributed by atoms with Crippen molar-refractivity contribution in [3.05, 3.63) is 59.7 Å². The van der Waals surface area contributed by atoms with Gasteiger partial charge in [0.2, 0.25) is 5.91 Å². The molecular formula is C25H30N2O3. The SMILES string of the molecule is CCOc1ccc([C@@H]2C[C@H]3CN(Cc4ccccc4OC)C(=O)[C@]34CCCN24)cc1. The van der Waals surface area contributed by atoms with Gasteiger partial charge in [-0.05, 0) is 56.5 Å². The highest BCUT2D eigenvalue weighted by atomic mass is 16.5. The number of amides is 1. The summed E-state index contributed by atoms with van der Waals surface area (Å²) in [5.41, 5.74) is 2.07. The monoisotopic (exact) mass is 406 g/mol. The molecule has 0 unspecified atom stereocenters. The van der Waals surface area contributed by atoms with Crippen LogP contribution in [0, 0.1) is 5.92 Å². The minimum absolute atomic E-state index is 0.310. The Bertz CT molecular complexity index is 928. The van der Waals surface area contributed by atoms with E-state index in [0.29, 0.717) is 31.0 Å². The van der Waals surface area contributed by atoms with Crippen molar-refractivity contribution in [1.29, 1.82) is 0 Å². The zero-order valence-corrected chi connectivity index (χ0v) is 17.8. The Labute approximate surface area is 178 Å². The Morgan fingerprint density at radius 1 is 1.13 bits per heavy atom. The van der Waals surface area contributed by atoms with Crippen LogP contribution >= 0.6 is 0 Å². The van der Waals surface area contributed by atoms with Crippen molar-refractivity contribution < 1.29 is 14.3 Å². The lowest BCUT2D eigenvalue weighted by molar-refractivity contribution is -0.137. The summed E-state index contributed by atoms with van der Waals surface area (Å²) in [5, 5.41) is 0. The average Bonchev–Trinajstić information content (AvgIpc) is 3.40. The van der Waals surface area contributed by atoms with Crippen molar-refractivity contribution in [2.24, 2.45) is 5.92 Å². The quantitative estimate of drug-likeness (QED) is 0.726.